The molecule has 0 radical (unpaired) electrons. The van der Waals surface area contributed by atoms with E-state index in [1.165, 1.54) is 12.4 Å². The van der Waals surface area contributed by atoms with Crippen LogP contribution in [0.15, 0.2) is 16.8 Å². The van der Waals surface area contributed by atoms with Gasteiger partial charge in [0.25, 0.3) is 5.91 Å². The number of hydrogen-bond donors (Lipinski definition) is 2. The molecular formula is C8H11N3O2. The third-order valence-electron chi connectivity index (χ3n) is 1.45. The smallest absolute Gasteiger partial charge is 0.275 e. The van der Waals surface area contributed by atoms with E-state index in [9.17, 15) is 9.59 Å². The molecule has 0 aliphatic carbocycles. The van der Waals surface area contributed by atoms with Crippen LogP contribution in [-0.4, -0.2) is 24.7 Å². The molecule has 1 aliphatic rings. The van der Waals surface area contributed by atoms with E-state index in [4.69, 9.17) is 0 Å². The molecule has 0 bridgehead atoms. The molecule has 1 aliphatic heterocycles. The van der Waals surface area contributed by atoms with Gasteiger partial charge in [0.1, 0.15) is 5.70 Å². The molecule has 0 fully saturated rings. The van der Waals surface area contributed by atoms with E-state index in [2.05, 4.69) is 15.6 Å². The Balaban J connectivity index is 2.50. The lowest BCUT2D eigenvalue weighted by Gasteiger charge is -1.97. The van der Waals surface area contributed by atoms with Gasteiger partial charge in [0.05, 0.1) is 6.34 Å². The van der Waals surface area contributed by atoms with Gasteiger partial charge in [-0.15, -0.1) is 0 Å². The summed E-state index contributed by atoms with van der Waals surface area (Å²) in [4.78, 5) is 25.6. The zero-order valence-electron chi connectivity index (χ0n) is 7.33. The molecule has 0 atom stereocenters. The fraction of sp³-hybridized carbons (Fsp3) is 0.375. The Morgan fingerprint density at radius 1 is 1.77 bits per heavy atom. The van der Waals surface area contributed by atoms with Gasteiger partial charge < -0.3 is 10.6 Å². The highest BCUT2D eigenvalue weighted by molar-refractivity contribution is 6.08. The molecule has 0 aromatic heterocycles. The lowest BCUT2D eigenvalue weighted by molar-refractivity contribution is -0.118. The number of amides is 2. The summed E-state index contributed by atoms with van der Waals surface area (Å²) in [6, 6.07) is 0. The van der Waals surface area contributed by atoms with E-state index < -0.39 is 0 Å². The predicted octanol–water partition coefficient (Wildman–Crippen LogP) is -0.445. The van der Waals surface area contributed by atoms with E-state index in [1.54, 1.807) is 0 Å². The predicted molar refractivity (Wildman–Crippen MR) is 48.0 cm³/mol. The number of nitrogens with zero attached hydrogens (tertiary/aromatic N) is 1. The van der Waals surface area contributed by atoms with Crippen molar-refractivity contribution in [2.45, 2.75) is 13.3 Å². The molecule has 2 N–H and O–H groups in total. The average Bonchev–Trinajstić information content (AvgIpc) is 2.48. The van der Waals surface area contributed by atoms with Gasteiger partial charge in [0.15, 0.2) is 0 Å². The summed E-state index contributed by atoms with van der Waals surface area (Å²) in [5, 5.41) is 4.96. The van der Waals surface area contributed by atoms with Gasteiger partial charge in [-0.2, -0.15) is 0 Å². The van der Waals surface area contributed by atoms with Crippen LogP contribution in [-0.2, 0) is 9.59 Å². The third kappa shape index (κ3) is 2.70. The fourth-order valence-electron chi connectivity index (χ4n) is 0.819. The summed E-state index contributed by atoms with van der Waals surface area (Å²) < 4.78 is 0. The Hall–Kier alpha value is -1.65. The van der Waals surface area contributed by atoms with Gasteiger partial charge in [-0.25, -0.2) is 4.99 Å². The maximum absolute atomic E-state index is 11.1. The number of nitrogens with one attached hydrogen (secondary N) is 2. The van der Waals surface area contributed by atoms with Crippen LogP contribution in [0, 0.1) is 0 Å². The van der Waals surface area contributed by atoms with Gasteiger partial charge in [-0.05, 0) is 6.42 Å². The molecule has 0 unspecified atom stereocenters. The Kier molecular flexibility index (Phi) is 3.19. The summed E-state index contributed by atoms with van der Waals surface area (Å²) in [6.45, 7) is 2.56. The van der Waals surface area contributed by atoms with E-state index >= 15 is 0 Å². The lowest BCUT2D eigenvalue weighted by atomic mass is 10.3. The van der Waals surface area contributed by atoms with Gasteiger partial charge in [0.2, 0.25) is 5.91 Å². The van der Waals surface area contributed by atoms with Crippen LogP contribution in [0.4, 0.5) is 0 Å². The van der Waals surface area contributed by atoms with Gasteiger partial charge in [-0.3, -0.25) is 9.59 Å². The quantitative estimate of drug-likeness (QED) is 0.579. The summed E-state index contributed by atoms with van der Waals surface area (Å²) >= 11 is 0. The number of carbonyl (C=O) groups excluding carboxylic acids is 2. The van der Waals surface area contributed by atoms with Gasteiger partial charge >= 0.3 is 0 Å². The molecule has 1 heterocycles. The van der Waals surface area contributed by atoms with Crippen molar-refractivity contribution in [1.29, 1.82) is 0 Å². The van der Waals surface area contributed by atoms with Gasteiger partial charge in [0, 0.05) is 12.6 Å². The highest BCUT2D eigenvalue weighted by Crippen LogP contribution is 1.99. The highest BCUT2D eigenvalue weighted by Gasteiger charge is 2.13. The molecule has 1 rings (SSSR count). The van der Waals surface area contributed by atoms with Crippen LogP contribution in [0.2, 0.25) is 0 Å². The number of aliphatic imine (C=N–C) groups is 1. The SMILES string of the molecule is CCCNC(=O)C=C1N=CNC1=O. The van der Waals surface area contributed by atoms with Crippen LogP contribution in [0.25, 0.3) is 0 Å². The molecule has 0 aromatic carbocycles. The zero-order chi connectivity index (χ0) is 9.68. The van der Waals surface area contributed by atoms with Crippen molar-refractivity contribution in [3.8, 4) is 0 Å². The minimum absolute atomic E-state index is 0.147. The van der Waals surface area contributed by atoms with E-state index in [-0.39, 0.29) is 17.5 Å². The average molecular weight is 181 g/mol. The Labute approximate surface area is 75.9 Å². The molecule has 13 heavy (non-hydrogen) atoms. The largest absolute Gasteiger partial charge is 0.352 e. The zero-order valence-corrected chi connectivity index (χ0v) is 7.33. The first-order valence-corrected chi connectivity index (χ1v) is 4.07. The number of hydrogen-bond acceptors (Lipinski definition) is 3. The van der Waals surface area contributed by atoms with Crippen LogP contribution in [0.5, 0.6) is 0 Å². The van der Waals surface area contributed by atoms with Crippen LogP contribution in [0.1, 0.15) is 13.3 Å². The number of rotatable bonds is 3. The second kappa shape index (κ2) is 4.39. The third-order valence-corrected chi connectivity index (χ3v) is 1.45. The topological polar surface area (TPSA) is 70.6 Å². The van der Waals surface area contributed by atoms with E-state index in [0.717, 1.165) is 6.42 Å². The molecule has 0 saturated heterocycles. The standard InChI is InChI=1S/C8H11N3O2/c1-2-3-9-7(12)4-6-8(13)11-5-10-6/h4-5H,2-3H2,1H3,(H,9,12)(H,10,11,13). The van der Waals surface area contributed by atoms with Gasteiger partial charge in [-0.1, -0.05) is 6.92 Å². The minimum Gasteiger partial charge on any atom is -0.352 e. The maximum Gasteiger partial charge on any atom is 0.275 e. The first kappa shape index (κ1) is 9.44. The van der Waals surface area contributed by atoms with Crippen molar-refractivity contribution in [1.82, 2.24) is 10.6 Å². The maximum atomic E-state index is 11.1. The lowest BCUT2D eigenvalue weighted by Crippen LogP contribution is -2.23. The molecule has 5 heteroatoms. The first-order chi connectivity index (χ1) is 6.24. The molecule has 5 nitrogen and oxygen atoms in total. The second-order valence-corrected chi connectivity index (χ2v) is 2.55. The van der Waals surface area contributed by atoms with Crippen molar-refractivity contribution in [2.75, 3.05) is 6.54 Å². The molecule has 70 valence electrons. The van der Waals surface area contributed by atoms with Crippen LogP contribution in [0.3, 0.4) is 0 Å². The van der Waals surface area contributed by atoms with E-state index in [1.807, 2.05) is 6.92 Å². The second-order valence-electron chi connectivity index (χ2n) is 2.55. The molecule has 0 spiro atoms. The van der Waals surface area contributed by atoms with Crippen molar-refractivity contribution in [2.24, 2.45) is 4.99 Å². The van der Waals surface area contributed by atoms with E-state index in [0.29, 0.717) is 6.54 Å². The summed E-state index contributed by atoms with van der Waals surface area (Å²) in [6.07, 6.45) is 3.32. The monoisotopic (exact) mass is 181 g/mol. The highest BCUT2D eigenvalue weighted by atomic mass is 16.2. The van der Waals surface area contributed by atoms with Crippen molar-refractivity contribution < 1.29 is 9.59 Å². The minimum atomic E-state index is -0.341. The summed E-state index contributed by atoms with van der Waals surface area (Å²) in [5.41, 5.74) is 0.147. The Morgan fingerprint density at radius 2 is 2.54 bits per heavy atom. The van der Waals surface area contributed by atoms with Crippen LogP contribution >= 0.6 is 0 Å². The Bertz CT molecular complexity index is 281. The molecular weight excluding hydrogens is 170 g/mol. The number of carbonyl (C=O) groups is 2. The normalized spacial score (nSPS) is 17.6. The molecule has 0 aromatic rings. The molecule has 2 amide bonds. The van der Waals surface area contributed by atoms with Crippen molar-refractivity contribution in [3.05, 3.63) is 11.8 Å². The Morgan fingerprint density at radius 3 is 3.08 bits per heavy atom. The molecule has 0 saturated carbocycles. The van der Waals surface area contributed by atoms with Crippen LogP contribution < -0.4 is 10.6 Å². The summed E-state index contributed by atoms with van der Waals surface area (Å²) in [7, 11) is 0. The fourth-order valence-corrected chi connectivity index (χ4v) is 0.819. The summed E-state index contributed by atoms with van der Waals surface area (Å²) in [5.74, 6) is -0.627. The van der Waals surface area contributed by atoms with Crippen molar-refractivity contribution in [3.63, 3.8) is 0 Å². The first-order valence-electron chi connectivity index (χ1n) is 4.07. The van der Waals surface area contributed by atoms with Crippen molar-refractivity contribution >= 4 is 18.2 Å².